The number of aryl methyl sites for hydroxylation is 1. The molecule has 8 heteroatoms. The Hall–Kier alpha value is -2.74. The van der Waals surface area contributed by atoms with Crippen molar-refractivity contribution >= 4 is 22.8 Å². The molecule has 2 aliphatic heterocycles. The van der Waals surface area contributed by atoms with Crippen molar-refractivity contribution < 1.29 is 19.1 Å². The summed E-state index contributed by atoms with van der Waals surface area (Å²) in [6.45, 7) is 5.14. The lowest BCUT2D eigenvalue weighted by Crippen LogP contribution is -2.49. The highest BCUT2D eigenvalue weighted by Crippen LogP contribution is 2.17. The van der Waals surface area contributed by atoms with Crippen LogP contribution in [0.2, 0.25) is 0 Å². The molecule has 2 atom stereocenters. The third-order valence-electron chi connectivity index (χ3n) is 5.15. The molecule has 8 nitrogen and oxygen atoms in total. The summed E-state index contributed by atoms with van der Waals surface area (Å²) in [5.74, 6) is -0.105. The van der Waals surface area contributed by atoms with Crippen LogP contribution in [0, 0.1) is 0 Å². The van der Waals surface area contributed by atoms with E-state index in [0.29, 0.717) is 30.5 Å². The van der Waals surface area contributed by atoms with Gasteiger partial charge in [-0.25, -0.2) is 9.78 Å². The van der Waals surface area contributed by atoms with E-state index in [1.165, 1.54) is 0 Å². The van der Waals surface area contributed by atoms with Gasteiger partial charge < -0.3 is 14.4 Å². The van der Waals surface area contributed by atoms with Crippen molar-refractivity contribution in [1.29, 1.82) is 0 Å². The lowest BCUT2D eigenvalue weighted by atomic mass is 10.1. The Labute approximate surface area is 162 Å². The molecule has 1 amide bonds. The van der Waals surface area contributed by atoms with Crippen molar-refractivity contribution in [2.45, 2.75) is 45.4 Å². The van der Waals surface area contributed by atoms with Crippen LogP contribution in [0.4, 0.5) is 0 Å². The highest BCUT2D eigenvalue weighted by atomic mass is 16.5. The predicted molar refractivity (Wildman–Crippen MR) is 101 cm³/mol. The molecule has 1 saturated heterocycles. The zero-order valence-electron chi connectivity index (χ0n) is 16.0. The molecule has 0 aliphatic carbocycles. The average Bonchev–Trinajstić information content (AvgIpc) is 3.13. The fourth-order valence-corrected chi connectivity index (χ4v) is 3.89. The summed E-state index contributed by atoms with van der Waals surface area (Å²) in [6.07, 6.45) is 1.56. The van der Waals surface area contributed by atoms with E-state index in [2.05, 4.69) is 4.98 Å². The van der Waals surface area contributed by atoms with Crippen LogP contribution in [0.25, 0.3) is 10.9 Å². The van der Waals surface area contributed by atoms with E-state index in [1.54, 1.807) is 27.7 Å². The van der Waals surface area contributed by atoms with Crippen LogP contribution in [0.1, 0.15) is 36.5 Å². The molecule has 1 aromatic carbocycles. The van der Waals surface area contributed by atoms with Gasteiger partial charge in [0.15, 0.2) is 6.61 Å². The predicted octanol–water partition coefficient (Wildman–Crippen LogP) is 1.14. The molecule has 4 rings (SSSR count). The topological polar surface area (TPSA) is 90.7 Å². The highest BCUT2D eigenvalue weighted by molar-refractivity contribution is 5.95. The molecule has 28 heavy (non-hydrogen) atoms. The Morgan fingerprint density at radius 1 is 1.25 bits per heavy atom. The lowest BCUT2D eigenvalue weighted by molar-refractivity contribution is -0.146. The van der Waals surface area contributed by atoms with E-state index < -0.39 is 5.97 Å². The standard InChI is InChI=1S/C20H23N3O5/c1-12-9-22(10-13(2)28-12)18(24)11-27-20(26)14-5-6-15-16(8-14)21-17-4-3-7-23(17)19(15)25/h5-6,8,12-13H,3-4,7,9-11H2,1-2H3/t12-,13+. The van der Waals surface area contributed by atoms with Crippen molar-refractivity contribution in [2.24, 2.45) is 0 Å². The summed E-state index contributed by atoms with van der Waals surface area (Å²) in [5, 5.41) is 0.481. The van der Waals surface area contributed by atoms with Gasteiger partial charge in [0.05, 0.1) is 28.7 Å². The number of hydrogen-bond acceptors (Lipinski definition) is 6. The van der Waals surface area contributed by atoms with Crippen LogP contribution in [0.15, 0.2) is 23.0 Å². The maximum Gasteiger partial charge on any atom is 0.338 e. The van der Waals surface area contributed by atoms with Crippen LogP contribution in [-0.2, 0) is 27.2 Å². The number of carbonyl (C=O) groups excluding carboxylic acids is 2. The Morgan fingerprint density at radius 3 is 2.75 bits per heavy atom. The number of fused-ring (bicyclic) bond motifs is 2. The summed E-state index contributed by atoms with van der Waals surface area (Å²) in [6, 6.07) is 4.70. The van der Waals surface area contributed by atoms with E-state index in [-0.39, 0.29) is 35.8 Å². The second-order valence-corrected chi connectivity index (χ2v) is 7.45. The first-order chi connectivity index (χ1) is 13.4. The highest BCUT2D eigenvalue weighted by Gasteiger charge is 2.26. The first-order valence-electron chi connectivity index (χ1n) is 9.56. The summed E-state index contributed by atoms with van der Waals surface area (Å²) < 4.78 is 12.5. The molecule has 3 heterocycles. The first kappa shape index (κ1) is 18.6. The van der Waals surface area contributed by atoms with Gasteiger partial charge in [0.2, 0.25) is 0 Å². The van der Waals surface area contributed by atoms with E-state index >= 15 is 0 Å². The third kappa shape index (κ3) is 3.52. The van der Waals surface area contributed by atoms with E-state index in [0.717, 1.165) is 18.7 Å². The molecular formula is C20H23N3O5. The van der Waals surface area contributed by atoms with Crippen LogP contribution in [-0.4, -0.2) is 58.2 Å². The van der Waals surface area contributed by atoms with Crippen LogP contribution in [0.5, 0.6) is 0 Å². The van der Waals surface area contributed by atoms with Gasteiger partial charge in [-0.1, -0.05) is 0 Å². The second kappa shape index (κ2) is 7.35. The van der Waals surface area contributed by atoms with Gasteiger partial charge in [-0.15, -0.1) is 0 Å². The number of benzene rings is 1. The number of nitrogens with zero attached hydrogens (tertiary/aromatic N) is 3. The Kier molecular flexibility index (Phi) is 4.89. The second-order valence-electron chi connectivity index (χ2n) is 7.45. The fraction of sp³-hybridized carbons (Fsp3) is 0.500. The minimum absolute atomic E-state index is 0.0455. The van der Waals surface area contributed by atoms with Crippen molar-refractivity contribution in [3.05, 3.63) is 39.9 Å². The van der Waals surface area contributed by atoms with E-state index in [9.17, 15) is 14.4 Å². The van der Waals surface area contributed by atoms with Crippen molar-refractivity contribution in [2.75, 3.05) is 19.7 Å². The van der Waals surface area contributed by atoms with E-state index in [1.807, 2.05) is 13.8 Å². The van der Waals surface area contributed by atoms with Gasteiger partial charge in [-0.05, 0) is 38.5 Å². The molecule has 2 aliphatic rings. The number of esters is 1. The fourth-order valence-electron chi connectivity index (χ4n) is 3.89. The van der Waals surface area contributed by atoms with Crippen molar-refractivity contribution in [3.63, 3.8) is 0 Å². The summed E-state index contributed by atoms with van der Waals surface area (Å²) >= 11 is 0. The first-order valence-corrected chi connectivity index (χ1v) is 9.56. The molecule has 1 aromatic heterocycles. The van der Waals surface area contributed by atoms with Crippen molar-refractivity contribution in [1.82, 2.24) is 14.5 Å². The Bertz CT molecular complexity index is 989. The maximum atomic E-state index is 12.5. The number of hydrogen-bond donors (Lipinski definition) is 0. The van der Waals surface area contributed by atoms with E-state index in [4.69, 9.17) is 9.47 Å². The number of aromatic nitrogens is 2. The Balaban J connectivity index is 1.46. The Morgan fingerprint density at radius 2 is 2.00 bits per heavy atom. The minimum atomic E-state index is -0.605. The summed E-state index contributed by atoms with van der Waals surface area (Å²) in [5.41, 5.74) is 0.678. The number of morpholine rings is 1. The van der Waals surface area contributed by atoms with Crippen LogP contribution in [0.3, 0.4) is 0 Å². The monoisotopic (exact) mass is 385 g/mol. The molecule has 2 aromatic rings. The molecular weight excluding hydrogens is 362 g/mol. The molecule has 0 N–H and O–H groups in total. The minimum Gasteiger partial charge on any atom is -0.452 e. The molecule has 1 fully saturated rings. The van der Waals surface area contributed by atoms with Crippen LogP contribution < -0.4 is 5.56 Å². The van der Waals surface area contributed by atoms with Gasteiger partial charge in [0.1, 0.15) is 5.82 Å². The maximum absolute atomic E-state index is 12.5. The SMILES string of the molecule is C[C@@H]1CN(C(=O)COC(=O)c2ccc3c(=O)n4c(nc3c2)CCC4)C[C@H](C)O1. The number of ether oxygens (including phenoxy) is 2. The smallest absolute Gasteiger partial charge is 0.338 e. The number of carbonyl (C=O) groups is 2. The summed E-state index contributed by atoms with van der Waals surface area (Å²) in [7, 11) is 0. The lowest BCUT2D eigenvalue weighted by Gasteiger charge is -2.35. The molecule has 0 unspecified atom stereocenters. The molecule has 0 radical (unpaired) electrons. The third-order valence-corrected chi connectivity index (χ3v) is 5.15. The van der Waals surface area contributed by atoms with Gasteiger partial charge in [0, 0.05) is 26.1 Å². The van der Waals surface area contributed by atoms with Gasteiger partial charge in [-0.2, -0.15) is 0 Å². The number of rotatable bonds is 3. The van der Waals surface area contributed by atoms with Crippen LogP contribution >= 0.6 is 0 Å². The molecule has 0 bridgehead atoms. The zero-order valence-corrected chi connectivity index (χ0v) is 16.0. The molecule has 0 saturated carbocycles. The van der Waals surface area contributed by atoms with Gasteiger partial charge in [-0.3, -0.25) is 14.2 Å². The number of amides is 1. The van der Waals surface area contributed by atoms with Gasteiger partial charge in [0.25, 0.3) is 11.5 Å². The zero-order chi connectivity index (χ0) is 19.8. The molecule has 148 valence electrons. The quantitative estimate of drug-likeness (QED) is 0.736. The summed E-state index contributed by atoms with van der Waals surface area (Å²) in [4.78, 5) is 43.4. The average molecular weight is 385 g/mol. The largest absolute Gasteiger partial charge is 0.452 e. The van der Waals surface area contributed by atoms with Crippen molar-refractivity contribution in [3.8, 4) is 0 Å². The van der Waals surface area contributed by atoms with Gasteiger partial charge >= 0.3 is 5.97 Å². The molecule has 0 spiro atoms. The normalized spacial score (nSPS) is 21.6.